The number of hydrogen-bond acceptors (Lipinski definition) is 2. The minimum absolute atomic E-state index is 0.228. The van der Waals surface area contributed by atoms with Gasteiger partial charge in [0.05, 0.1) is 6.42 Å². The predicted octanol–water partition coefficient (Wildman–Crippen LogP) is 2.27. The van der Waals surface area contributed by atoms with Crippen molar-refractivity contribution in [3.8, 4) is 0 Å². The quantitative estimate of drug-likeness (QED) is 0.882. The standard InChI is InChI=1S/C16H24N2O/c1-13-6-2-3-7-14(13)12-16(19)18(11-10-17)15-8-4-5-9-15/h2-3,6-7,15H,4-5,8-12,17H2,1H3. The third kappa shape index (κ3) is 3.57. The summed E-state index contributed by atoms with van der Waals surface area (Å²) in [6, 6.07) is 8.53. The summed E-state index contributed by atoms with van der Waals surface area (Å²) in [5.74, 6) is 0.228. The maximum Gasteiger partial charge on any atom is 0.227 e. The molecule has 0 aromatic heterocycles. The van der Waals surface area contributed by atoms with E-state index in [1.807, 2.05) is 23.1 Å². The van der Waals surface area contributed by atoms with Crippen molar-refractivity contribution in [1.29, 1.82) is 0 Å². The molecule has 1 aromatic rings. The van der Waals surface area contributed by atoms with Crippen molar-refractivity contribution < 1.29 is 4.79 Å². The molecule has 1 saturated carbocycles. The predicted molar refractivity (Wildman–Crippen MR) is 77.9 cm³/mol. The van der Waals surface area contributed by atoms with Crippen LogP contribution in [0.3, 0.4) is 0 Å². The Bertz CT molecular complexity index is 425. The lowest BCUT2D eigenvalue weighted by atomic mass is 10.0. The minimum Gasteiger partial charge on any atom is -0.338 e. The monoisotopic (exact) mass is 260 g/mol. The van der Waals surface area contributed by atoms with Gasteiger partial charge in [0.15, 0.2) is 0 Å². The average molecular weight is 260 g/mol. The molecule has 0 radical (unpaired) electrons. The highest BCUT2D eigenvalue weighted by Crippen LogP contribution is 2.24. The Morgan fingerprint density at radius 1 is 1.32 bits per heavy atom. The summed E-state index contributed by atoms with van der Waals surface area (Å²) in [6.45, 7) is 3.30. The largest absolute Gasteiger partial charge is 0.338 e. The number of benzene rings is 1. The highest BCUT2D eigenvalue weighted by Gasteiger charge is 2.26. The van der Waals surface area contributed by atoms with Gasteiger partial charge in [0.2, 0.25) is 5.91 Å². The first-order valence-electron chi connectivity index (χ1n) is 7.26. The van der Waals surface area contributed by atoms with Crippen molar-refractivity contribution in [2.45, 2.75) is 45.1 Å². The van der Waals surface area contributed by atoms with Gasteiger partial charge in [-0.3, -0.25) is 4.79 Å². The first kappa shape index (κ1) is 14.1. The van der Waals surface area contributed by atoms with E-state index in [0.717, 1.165) is 18.4 Å². The number of amides is 1. The molecule has 2 rings (SSSR count). The van der Waals surface area contributed by atoms with Crippen LogP contribution in [0.2, 0.25) is 0 Å². The third-order valence-electron chi connectivity index (χ3n) is 4.06. The van der Waals surface area contributed by atoms with Crippen molar-refractivity contribution in [1.82, 2.24) is 4.90 Å². The zero-order valence-electron chi connectivity index (χ0n) is 11.8. The van der Waals surface area contributed by atoms with Crippen LogP contribution in [0, 0.1) is 6.92 Å². The van der Waals surface area contributed by atoms with Crippen molar-refractivity contribution in [2.24, 2.45) is 5.73 Å². The maximum absolute atomic E-state index is 12.5. The molecule has 0 spiro atoms. The molecule has 2 N–H and O–H groups in total. The van der Waals surface area contributed by atoms with Crippen LogP contribution in [0.25, 0.3) is 0 Å². The number of carbonyl (C=O) groups excluding carboxylic acids is 1. The van der Waals surface area contributed by atoms with Crippen LogP contribution in [0.1, 0.15) is 36.8 Å². The molecular formula is C16H24N2O. The Hall–Kier alpha value is -1.35. The molecule has 0 heterocycles. The van der Waals surface area contributed by atoms with Gasteiger partial charge in [0.25, 0.3) is 0 Å². The smallest absolute Gasteiger partial charge is 0.227 e. The molecule has 1 fully saturated rings. The number of nitrogens with zero attached hydrogens (tertiary/aromatic N) is 1. The van der Waals surface area contributed by atoms with Gasteiger partial charge in [-0.25, -0.2) is 0 Å². The lowest BCUT2D eigenvalue weighted by molar-refractivity contribution is -0.132. The molecule has 0 unspecified atom stereocenters. The van der Waals surface area contributed by atoms with E-state index >= 15 is 0 Å². The van der Waals surface area contributed by atoms with Gasteiger partial charge in [0.1, 0.15) is 0 Å². The molecule has 104 valence electrons. The summed E-state index contributed by atoms with van der Waals surface area (Å²) < 4.78 is 0. The van der Waals surface area contributed by atoms with E-state index in [1.54, 1.807) is 0 Å². The molecule has 1 amide bonds. The maximum atomic E-state index is 12.5. The summed E-state index contributed by atoms with van der Waals surface area (Å²) in [4.78, 5) is 14.5. The van der Waals surface area contributed by atoms with Gasteiger partial charge < -0.3 is 10.6 Å². The molecule has 0 bridgehead atoms. The molecule has 0 atom stereocenters. The topological polar surface area (TPSA) is 46.3 Å². The second-order valence-electron chi connectivity index (χ2n) is 5.42. The number of aryl methyl sites for hydroxylation is 1. The highest BCUT2D eigenvalue weighted by molar-refractivity contribution is 5.79. The first-order valence-corrected chi connectivity index (χ1v) is 7.26. The molecule has 3 heteroatoms. The summed E-state index contributed by atoms with van der Waals surface area (Å²) in [6.07, 6.45) is 5.26. The summed E-state index contributed by atoms with van der Waals surface area (Å²) in [5.41, 5.74) is 7.99. The molecule has 19 heavy (non-hydrogen) atoms. The van der Waals surface area contributed by atoms with Crippen LogP contribution < -0.4 is 5.73 Å². The van der Waals surface area contributed by atoms with Crippen LogP contribution in [0.4, 0.5) is 0 Å². The second-order valence-corrected chi connectivity index (χ2v) is 5.42. The van der Waals surface area contributed by atoms with E-state index < -0.39 is 0 Å². The Morgan fingerprint density at radius 3 is 2.63 bits per heavy atom. The van der Waals surface area contributed by atoms with Gasteiger partial charge >= 0.3 is 0 Å². The molecule has 3 nitrogen and oxygen atoms in total. The van der Waals surface area contributed by atoms with E-state index in [-0.39, 0.29) is 5.91 Å². The fourth-order valence-electron chi connectivity index (χ4n) is 2.94. The van der Waals surface area contributed by atoms with Gasteiger partial charge in [-0.05, 0) is 30.9 Å². The Balaban J connectivity index is 2.05. The third-order valence-corrected chi connectivity index (χ3v) is 4.06. The van der Waals surface area contributed by atoms with Crippen LogP contribution in [0.15, 0.2) is 24.3 Å². The molecule has 1 aromatic carbocycles. The lowest BCUT2D eigenvalue weighted by Crippen LogP contribution is -2.42. The number of rotatable bonds is 5. The molecule has 0 aliphatic heterocycles. The van der Waals surface area contributed by atoms with Crippen molar-refractivity contribution in [2.75, 3.05) is 13.1 Å². The van der Waals surface area contributed by atoms with Crippen molar-refractivity contribution >= 4 is 5.91 Å². The molecule has 1 aliphatic rings. The fraction of sp³-hybridized carbons (Fsp3) is 0.562. The van der Waals surface area contributed by atoms with Gasteiger partial charge in [-0.2, -0.15) is 0 Å². The minimum atomic E-state index is 0.228. The van der Waals surface area contributed by atoms with E-state index in [2.05, 4.69) is 13.0 Å². The zero-order valence-corrected chi connectivity index (χ0v) is 11.8. The highest BCUT2D eigenvalue weighted by atomic mass is 16.2. The Labute approximate surface area is 115 Å². The fourth-order valence-corrected chi connectivity index (χ4v) is 2.94. The summed E-state index contributed by atoms with van der Waals surface area (Å²) >= 11 is 0. The Kier molecular flexibility index (Phi) is 4.97. The molecule has 0 saturated heterocycles. The SMILES string of the molecule is Cc1ccccc1CC(=O)N(CCN)C1CCCC1. The van der Waals surface area contributed by atoms with Crippen molar-refractivity contribution in [3.63, 3.8) is 0 Å². The first-order chi connectivity index (χ1) is 9.22. The van der Waals surface area contributed by atoms with Crippen LogP contribution in [0.5, 0.6) is 0 Å². The zero-order chi connectivity index (χ0) is 13.7. The Morgan fingerprint density at radius 2 is 2.00 bits per heavy atom. The lowest BCUT2D eigenvalue weighted by Gasteiger charge is -2.29. The molecular weight excluding hydrogens is 236 g/mol. The normalized spacial score (nSPS) is 15.7. The number of hydrogen-bond donors (Lipinski definition) is 1. The molecule has 1 aliphatic carbocycles. The van der Waals surface area contributed by atoms with Crippen LogP contribution >= 0.6 is 0 Å². The van der Waals surface area contributed by atoms with Crippen LogP contribution in [-0.4, -0.2) is 29.9 Å². The van der Waals surface area contributed by atoms with Gasteiger partial charge in [-0.15, -0.1) is 0 Å². The van der Waals surface area contributed by atoms with Gasteiger partial charge in [-0.1, -0.05) is 37.1 Å². The van der Waals surface area contributed by atoms with Crippen LogP contribution in [-0.2, 0) is 11.2 Å². The van der Waals surface area contributed by atoms with E-state index in [9.17, 15) is 4.79 Å². The van der Waals surface area contributed by atoms with E-state index in [0.29, 0.717) is 25.6 Å². The summed E-state index contributed by atoms with van der Waals surface area (Å²) in [5, 5.41) is 0. The van der Waals surface area contributed by atoms with E-state index in [1.165, 1.54) is 18.4 Å². The average Bonchev–Trinajstić information content (AvgIpc) is 2.92. The number of nitrogens with two attached hydrogens (primary N) is 1. The summed E-state index contributed by atoms with van der Waals surface area (Å²) in [7, 11) is 0. The van der Waals surface area contributed by atoms with E-state index in [4.69, 9.17) is 5.73 Å². The van der Waals surface area contributed by atoms with Crippen molar-refractivity contribution in [3.05, 3.63) is 35.4 Å². The van der Waals surface area contributed by atoms with Gasteiger partial charge in [0, 0.05) is 19.1 Å². The second kappa shape index (κ2) is 6.71. The number of carbonyl (C=O) groups is 1.